The van der Waals surface area contributed by atoms with Crippen molar-refractivity contribution in [3.8, 4) is 0 Å². The Bertz CT molecular complexity index is 480. The van der Waals surface area contributed by atoms with Crippen LogP contribution in [0, 0.1) is 17.7 Å². The number of halogens is 1. The van der Waals surface area contributed by atoms with Crippen molar-refractivity contribution in [2.45, 2.75) is 58.1 Å². The van der Waals surface area contributed by atoms with Crippen molar-refractivity contribution in [3.05, 3.63) is 35.6 Å². The van der Waals surface area contributed by atoms with E-state index < -0.39 is 6.10 Å². The summed E-state index contributed by atoms with van der Waals surface area (Å²) in [4.78, 5) is 12.2. The number of carbonyl (C=O) groups excluding carboxylic acids is 1. The van der Waals surface area contributed by atoms with Crippen molar-refractivity contribution in [3.63, 3.8) is 0 Å². The minimum Gasteiger partial charge on any atom is -0.388 e. The summed E-state index contributed by atoms with van der Waals surface area (Å²) in [6.07, 6.45) is 3.89. The molecule has 2 unspecified atom stereocenters. The van der Waals surface area contributed by atoms with E-state index >= 15 is 0 Å². The number of hydrogen-bond acceptors (Lipinski definition) is 2. The summed E-state index contributed by atoms with van der Waals surface area (Å²) in [7, 11) is 0. The molecular formula is C18H26FNO2. The van der Waals surface area contributed by atoms with Gasteiger partial charge in [-0.15, -0.1) is 0 Å². The minimum absolute atomic E-state index is 0.103. The van der Waals surface area contributed by atoms with E-state index in [1.165, 1.54) is 12.1 Å². The van der Waals surface area contributed by atoms with E-state index in [0.29, 0.717) is 12.0 Å². The molecule has 1 aliphatic carbocycles. The Labute approximate surface area is 131 Å². The van der Waals surface area contributed by atoms with Crippen LogP contribution >= 0.6 is 0 Å². The van der Waals surface area contributed by atoms with Crippen LogP contribution in [0.2, 0.25) is 0 Å². The Morgan fingerprint density at radius 2 is 1.86 bits per heavy atom. The molecular weight excluding hydrogens is 281 g/mol. The zero-order valence-electron chi connectivity index (χ0n) is 13.4. The molecule has 1 amide bonds. The predicted octanol–water partition coefficient (Wildman–Crippen LogP) is 3.58. The molecule has 4 heteroatoms. The van der Waals surface area contributed by atoms with Crippen LogP contribution in [-0.2, 0) is 4.79 Å². The number of rotatable bonds is 5. The lowest BCUT2D eigenvalue weighted by molar-refractivity contribution is -0.127. The monoisotopic (exact) mass is 307 g/mol. The van der Waals surface area contributed by atoms with Crippen LogP contribution in [0.3, 0.4) is 0 Å². The Balaban J connectivity index is 1.80. The zero-order chi connectivity index (χ0) is 16.1. The van der Waals surface area contributed by atoms with Gasteiger partial charge in [-0.1, -0.05) is 19.1 Å². The highest BCUT2D eigenvalue weighted by molar-refractivity contribution is 5.78. The molecule has 0 spiro atoms. The van der Waals surface area contributed by atoms with E-state index in [0.717, 1.165) is 31.6 Å². The molecule has 22 heavy (non-hydrogen) atoms. The van der Waals surface area contributed by atoms with Gasteiger partial charge in [-0.05, 0) is 62.6 Å². The number of nitrogens with one attached hydrogen (secondary N) is 1. The molecule has 0 bridgehead atoms. The average molecular weight is 307 g/mol. The number of amides is 1. The molecule has 0 aliphatic heterocycles. The third kappa shape index (κ3) is 4.80. The van der Waals surface area contributed by atoms with Gasteiger partial charge in [-0.3, -0.25) is 4.79 Å². The predicted molar refractivity (Wildman–Crippen MR) is 84.7 cm³/mol. The minimum atomic E-state index is -0.692. The zero-order valence-corrected chi connectivity index (χ0v) is 13.4. The molecule has 1 aromatic carbocycles. The lowest BCUT2D eigenvalue weighted by Gasteiger charge is -2.27. The van der Waals surface area contributed by atoms with Gasteiger partial charge in [0, 0.05) is 12.0 Å². The molecule has 0 aromatic heterocycles. The first-order chi connectivity index (χ1) is 10.5. The van der Waals surface area contributed by atoms with E-state index in [1.54, 1.807) is 12.1 Å². The van der Waals surface area contributed by atoms with E-state index in [4.69, 9.17) is 0 Å². The topological polar surface area (TPSA) is 49.3 Å². The van der Waals surface area contributed by atoms with Crippen molar-refractivity contribution < 1.29 is 14.3 Å². The van der Waals surface area contributed by atoms with Gasteiger partial charge < -0.3 is 10.4 Å². The van der Waals surface area contributed by atoms with Gasteiger partial charge in [0.2, 0.25) is 5.91 Å². The van der Waals surface area contributed by atoms with Gasteiger partial charge in [0.05, 0.1) is 6.10 Å². The molecule has 122 valence electrons. The number of carbonyl (C=O) groups is 1. The molecule has 0 radical (unpaired) electrons. The lowest BCUT2D eigenvalue weighted by Crippen LogP contribution is -2.39. The Kier molecular flexibility index (Phi) is 5.95. The summed E-state index contributed by atoms with van der Waals surface area (Å²) in [5.41, 5.74) is 0.675. The summed E-state index contributed by atoms with van der Waals surface area (Å²) in [6.45, 7) is 4.13. The van der Waals surface area contributed by atoms with Gasteiger partial charge in [-0.25, -0.2) is 4.39 Å². The first kappa shape index (κ1) is 16.9. The highest BCUT2D eigenvalue weighted by Crippen LogP contribution is 2.28. The Hall–Kier alpha value is -1.42. The van der Waals surface area contributed by atoms with E-state index in [2.05, 4.69) is 12.2 Å². The third-order valence-electron chi connectivity index (χ3n) is 4.61. The Morgan fingerprint density at radius 3 is 2.45 bits per heavy atom. The van der Waals surface area contributed by atoms with E-state index in [1.807, 2.05) is 6.92 Å². The smallest absolute Gasteiger partial charge is 0.223 e. The van der Waals surface area contributed by atoms with Crippen LogP contribution in [0.4, 0.5) is 4.39 Å². The van der Waals surface area contributed by atoms with Crippen molar-refractivity contribution in [1.82, 2.24) is 5.32 Å². The first-order valence-corrected chi connectivity index (χ1v) is 8.19. The highest BCUT2D eigenvalue weighted by Gasteiger charge is 2.25. The maximum Gasteiger partial charge on any atom is 0.223 e. The lowest BCUT2D eigenvalue weighted by atomic mass is 9.82. The average Bonchev–Trinajstić information content (AvgIpc) is 2.48. The second-order valence-electron chi connectivity index (χ2n) is 6.67. The number of hydrogen-bond donors (Lipinski definition) is 2. The Morgan fingerprint density at radius 1 is 1.27 bits per heavy atom. The fraction of sp³-hybridized carbons (Fsp3) is 0.611. The largest absolute Gasteiger partial charge is 0.388 e. The molecule has 2 N–H and O–H groups in total. The molecule has 1 aliphatic rings. The fourth-order valence-electron chi connectivity index (χ4n) is 3.10. The number of aliphatic hydroxyl groups is 1. The maximum absolute atomic E-state index is 12.9. The molecule has 1 aromatic rings. The summed E-state index contributed by atoms with van der Waals surface area (Å²) >= 11 is 0. The van der Waals surface area contributed by atoms with E-state index in [9.17, 15) is 14.3 Å². The SMILES string of the molecule is CC1CCC(C(=O)NC(C)CC(O)c2ccc(F)cc2)CC1. The van der Waals surface area contributed by atoms with E-state index in [-0.39, 0.29) is 23.7 Å². The fourth-order valence-corrected chi connectivity index (χ4v) is 3.10. The summed E-state index contributed by atoms with van der Waals surface area (Å²) in [6, 6.07) is 5.73. The molecule has 0 saturated heterocycles. The van der Waals surface area contributed by atoms with Crippen molar-refractivity contribution in [1.29, 1.82) is 0 Å². The van der Waals surface area contributed by atoms with Gasteiger partial charge in [0.25, 0.3) is 0 Å². The van der Waals surface area contributed by atoms with Crippen LogP contribution in [-0.4, -0.2) is 17.1 Å². The number of aliphatic hydroxyl groups excluding tert-OH is 1. The van der Waals surface area contributed by atoms with Gasteiger partial charge >= 0.3 is 0 Å². The van der Waals surface area contributed by atoms with Crippen molar-refractivity contribution >= 4 is 5.91 Å². The van der Waals surface area contributed by atoms with Crippen LogP contribution in [0.15, 0.2) is 24.3 Å². The summed E-state index contributed by atoms with van der Waals surface area (Å²) in [5, 5.41) is 13.2. The van der Waals surface area contributed by atoms with Crippen molar-refractivity contribution in [2.75, 3.05) is 0 Å². The van der Waals surface area contributed by atoms with Crippen LogP contribution in [0.25, 0.3) is 0 Å². The summed E-state index contributed by atoms with van der Waals surface area (Å²) < 4.78 is 12.9. The van der Waals surface area contributed by atoms with Gasteiger partial charge in [-0.2, -0.15) is 0 Å². The molecule has 0 heterocycles. The third-order valence-corrected chi connectivity index (χ3v) is 4.61. The summed E-state index contributed by atoms with van der Waals surface area (Å²) in [5.74, 6) is 0.623. The molecule has 1 saturated carbocycles. The van der Waals surface area contributed by atoms with Crippen LogP contribution in [0.5, 0.6) is 0 Å². The second kappa shape index (κ2) is 7.73. The maximum atomic E-state index is 12.9. The van der Waals surface area contributed by atoms with Crippen molar-refractivity contribution in [2.24, 2.45) is 11.8 Å². The standard InChI is InChI=1S/C18H26FNO2/c1-12-3-5-15(6-4-12)18(22)20-13(2)11-17(21)14-7-9-16(19)10-8-14/h7-10,12-13,15,17,21H,3-6,11H2,1-2H3,(H,20,22). The quantitative estimate of drug-likeness (QED) is 0.873. The number of benzene rings is 1. The normalized spacial score (nSPS) is 24.5. The highest BCUT2D eigenvalue weighted by atomic mass is 19.1. The van der Waals surface area contributed by atoms with Crippen LogP contribution in [0.1, 0.15) is 57.6 Å². The first-order valence-electron chi connectivity index (χ1n) is 8.19. The van der Waals surface area contributed by atoms with Gasteiger partial charge in [0.1, 0.15) is 5.82 Å². The molecule has 1 fully saturated rings. The second-order valence-corrected chi connectivity index (χ2v) is 6.67. The molecule has 2 rings (SSSR count). The van der Waals surface area contributed by atoms with Gasteiger partial charge in [0.15, 0.2) is 0 Å². The van der Waals surface area contributed by atoms with Crippen LogP contribution < -0.4 is 5.32 Å². The molecule has 3 nitrogen and oxygen atoms in total. The molecule has 2 atom stereocenters.